The zero-order chi connectivity index (χ0) is 20.5. The van der Waals surface area contributed by atoms with Crippen molar-refractivity contribution in [2.45, 2.75) is 20.0 Å². The van der Waals surface area contributed by atoms with Gasteiger partial charge in [-0.2, -0.15) is 0 Å². The molecule has 0 spiro atoms. The van der Waals surface area contributed by atoms with Crippen molar-refractivity contribution < 1.29 is 9.47 Å². The maximum atomic E-state index is 5.64. The van der Waals surface area contributed by atoms with Gasteiger partial charge in [-0.05, 0) is 24.6 Å². The second-order valence-corrected chi connectivity index (χ2v) is 6.31. The Labute approximate surface area is 171 Å². The van der Waals surface area contributed by atoms with E-state index < -0.39 is 0 Å². The largest absolute Gasteiger partial charge is 0.493 e. The van der Waals surface area contributed by atoms with E-state index in [2.05, 4.69) is 37.3 Å². The van der Waals surface area contributed by atoms with Crippen LogP contribution in [0.2, 0.25) is 0 Å². The van der Waals surface area contributed by atoms with E-state index in [1.165, 1.54) is 5.56 Å². The molecule has 0 fully saturated rings. The Morgan fingerprint density at radius 1 is 1.14 bits per heavy atom. The first-order valence-corrected chi connectivity index (χ1v) is 9.56. The Morgan fingerprint density at radius 2 is 1.97 bits per heavy atom. The lowest BCUT2D eigenvalue weighted by Gasteiger charge is -2.15. The van der Waals surface area contributed by atoms with Crippen molar-refractivity contribution in [3.63, 3.8) is 0 Å². The third-order valence-corrected chi connectivity index (χ3v) is 4.36. The number of methoxy groups -OCH3 is 1. The van der Waals surface area contributed by atoms with Crippen molar-refractivity contribution in [3.8, 4) is 11.5 Å². The van der Waals surface area contributed by atoms with Gasteiger partial charge in [0.1, 0.15) is 5.82 Å². The van der Waals surface area contributed by atoms with E-state index in [0.29, 0.717) is 30.6 Å². The van der Waals surface area contributed by atoms with E-state index >= 15 is 0 Å². The molecule has 7 heteroatoms. The molecule has 3 rings (SSSR count). The van der Waals surface area contributed by atoms with Gasteiger partial charge in [0.15, 0.2) is 17.5 Å². The Balaban J connectivity index is 1.63. The van der Waals surface area contributed by atoms with Gasteiger partial charge in [0, 0.05) is 37.7 Å². The van der Waals surface area contributed by atoms with E-state index in [-0.39, 0.29) is 0 Å². The minimum Gasteiger partial charge on any atom is -0.493 e. The van der Waals surface area contributed by atoms with Crippen LogP contribution in [0.1, 0.15) is 18.3 Å². The summed E-state index contributed by atoms with van der Waals surface area (Å²) >= 11 is 0. The summed E-state index contributed by atoms with van der Waals surface area (Å²) in [6, 6.07) is 16.0. The van der Waals surface area contributed by atoms with Crippen LogP contribution in [0.15, 0.2) is 65.9 Å². The highest BCUT2D eigenvalue weighted by Crippen LogP contribution is 2.30. The van der Waals surface area contributed by atoms with Gasteiger partial charge in [0.25, 0.3) is 0 Å². The summed E-state index contributed by atoms with van der Waals surface area (Å²) in [5, 5.41) is 6.59. The fraction of sp³-hybridized carbons (Fsp3) is 0.273. The summed E-state index contributed by atoms with van der Waals surface area (Å²) in [5.41, 5.74) is 2.09. The molecule has 0 bridgehead atoms. The molecule has 29 heavy (non-hydrogen) atoms. The lowest BCUT2D eigenvalue weighted by atomic mass is 10.2. The summed E-state index contributed by atoms with van der Waals surface area (Å²) in [6.07, 6.45) is 3.80. The molecule has 0 aliphatic rings. The number of nitrogens with one attached hydrogen (secondary N) is 2. The van der Waals surface area contributed by atoms with Crippen LogP contribution >= 0.6 is 0 Å². The second-order valence-electron chi connectivity index (χ2n) is 6.31. The SMILES string of the molecule is CCOc1cc(NC(=NC)NCc2nccn2Cc2ccccc2)ccc1OC. The molecule has 0 aliphatic heterocycles. The van der Waals surface area contributed by atoms with E-state index in [1.807, 2.05) is 55.7 Å². The molecule has 3 aromatic rings. The first-order chi connectivity index (χ1) is 14.2. The zero-order valence-corrected chi connectivity index (χ0v) is 17.1. The van der Waals surface area contributed by atoms with Crippen molar-refractivity contribution in [1.29, 1.82) is 0 Å². The standard InChI is InChI=1S/C22H27N5O2/c1-4-29-20-14-18(10-11-19(20)28-3)26-22(23-2)25-15-21-24-12-13-27(21)16-17-8-6-5-7-9-17/h5-14H,4,15-16H2,1-3H3,(H2,23,25,26). The first kappa shape index (κ1) is 20.3. The molecular formula is C22H27N5O2. The van der Waals surface area contributed by atoms with E-state index in [9.17, 15) is 0 Å². The van der Waals surface area contributed by atoms with E-state index in [0.717, 1.165) is 18.1 Å². The number of aliphatic imine (C=N–C) groups is 1. The average Bonchev–Trinajstić information content (AvgIpc) is 3.19. The minimum absolute atomic E-state index is 0.550. The van der Waals surface area contributed by atoms with E-state index in [4.69, 9.17) is 9.47 Å². The molecule has 0 saturated carbocycles. The van der Waals surface area contributed by atoms with Crippen LogP contribution in [0, 0.1) is 0 Å². The predicted molar refractivity (Wildman–Crippen MR) is 116 cm³/mol. The van der Waals surface area contributed by atoms with Gasteiger partial charge < -0.3 is 24.7 Å². The van der Waals surface area contributed by atoms with Crippen LogP contribution < -0.4 is 20.1 Å². The molecular weight excluding hydrogens is 366 g/mol. The van der Waals surface area contributed by atoms with Gasteiger partial charge in [-0.25, -0.2) is 4.98 Å². The molecule has 1 aromatic heterocycles. The summed E-state index contributed by atoms with van der Waals surface area (Å²) < 4.78 is 13.1. The molecule has 0 radical (unpaired) electrons. The smallest absolute Gasteiger partial charge is 0.195 e. The third kappa shape index (κ3) is 5.51. The van der Waals surface area contributed by atoms with Crippen molar-refractivity contribution in [1.82, 2.24) is 14.9 Å². The Hall–Kier alpha value is -3.48. The highest BCUT2D eigenvalue weighted by molar-refractivity contribution is 5.93. The maximum absolute atomic E-state index is 5.64. The number of rotatable bonds is 8. The molecule has 2 aromatic carbocycles. The molecule has 1 heterocycles. The molecule has 0 unspecified atom stereocenters. The third-order valence-electron chi connectivity index (χ3n) is 4.36. The Kier molecular flexibility index (Phi) is 7.10. The molecule has 7 nitrogen and oxygen atoms in total. The fourth-order valence-corrected chi connectivity index (χ4v) is 2.93. The number of aromatic nitrogens is 2. The fourth-order valence-electron chi connectivity index (χ4n) is 2.93. The minimum atomic E-state index is 0.550. The summed E-state index contributed by atoms with van der Waals surface area (Å²) in [5.74, 6) is 2.96. The zero-order valence-electron chi connectivity index (χ0n) is 17.1. The lowest BCUT2D eigenvalue weighted by molar-refractivity contribution is 0.311. The molecule has 2 N–H and O–H groups in total. The molecule has 0 atom stereocenters. The van der Waals surface area contributed by atoms with Crippen LogP contribution in [0.4, 0.5) is 5.69 Å². The summed E-state index contributed by atoms with van der Waals surface area (Å²) in [6.45, 7) is 3.84. The molecule has 152 valence electrons. The van der Waals surface area contributed by atoms with Crippen molar-refractivity contribution >= 4 is 11.6 Å². The van der Waals surface area contributed by atoms with Crippen LogP contribution in [0.25, 0.3) is 0 Å². The number of nitrogens with zero attached hydrogens (tertiary/aromatic N) is 3. The monoisotopic (exact) mass is 393 g/mol. The Bertz CT molecular complexity index is 937. The number of hydrogen-bond acceptors (Lipinski definition) is 4. The number of anilines is 1. The number of guanidine groups is 1. The second kappa shape index (κ2) is 10.2. The summed E-state index contributed by atoms with van der Waals surface area (Å²) in [7, 11) is 3.36. The highest BCUT2D eigenvalue weighted by atomic mass is 16.5. The number of ether oxygens (including phenoxy) is 2. The van der Waals surface area contributed by atoms with Crippen LogP contribution in [0.5, 0.6) is 11.5 Å². The highest BCUT2D eigenvalue weighted by Gasteiger charge is 2.08. The molecule has 0 amide bonds. The predicted octanol–water partition coefficient (Wildman–Crippen LogP) is 3.53. The molecule has 0 saturated heterocycles. The number of hydrogen-bond donors (Lipinski definition) is 2. The number of imidazole rings is 1. The average molecular weight is 393 g/mol. The number of benzene rings is 2. The van der Waals surface area contributed by atoms with Gasteiger partial charge >= 0.3 is 0 Å². The van der Waals surface area contributed by atoms with Gasteiger partial charge in [-0.1, -0.05) is 30.3 Å². The van der Waals surface area contributed by atoms with Gasteiger partial charge in [0.2, 0.25) is 0 Å². The molecule has 0 aliphatic carbocycles. The van der Waals surface area contributed by atoms with Gasteiger partial charge in [-0.15, -0.1) is 0 Å². The van der Waals surface area contributed by atoms with Gasteiger partial charge in [0.05, 0.1) is 20.3 Å². The normalized spacial score (nSPS) is 11.2. The van der Waals surface area contributed by atoms with Crippen molar-refractivity contribution in [3.05, 3.63) is 72.3 Å². The topological polar surface area (TPSA) is 72.7 Å². The van der Waals surface area contributed by atoms with E-state index in [1.54, 1.807) is 14.2 Å². The van der Waals surface area contributed by atoms with Crippen molar-refractivity contribution in [2.24, 2.45) is 4.99 Å². The maximum Gasteiger partial charge on any atom is 0.195 e. The van der Waals surface area contributed by atoms with Crippen LogP contribution in [-0.4, -0.2) is 36.3 Å². The summed E-state index contributed by atoms with van der Waals surface area (Å²) in [4.78, 5) is 8.77. The quantitative estimate of drug-likeness (QED) is 0.452. The van der Waals surface area contributed by atoms with Crippen molar-refractivity contribution in [2.75, 3.05) is 26.1 Å². The Morgan fingerprint density at radius 3 is 2.69 bits per heavy atom. The first-order valence-electron chi connectivity index (χ1n) is 9.56. The lowest BCUT2D eigenvalue weighted by Crippen LogP contribution is -2.31. The van der Waals surface area contributed by atoms with Crippen LogP contribution in [-0.2, 0) is 13.1 Å². The van der Waals surface area contributed by atoms with Gasteiger partial charge in [-0.3, -0.25) is 4.99 Å². The van der Waals surface area contributed by atoms with Crippen LogP contribution in [0.3, 0.4) is 0 Å².